The summed E-state index contributed by atoms with van der Waals surface area (Å²) in [4.78, 5) is 13.1. The third-order valence-electron chi connectivity index (χ3n) is 3.39. The first-order valence-corrected chi connectivity index (χ1v) is 6.29. The average Bonchev–Trinajstić information content (AvgIpc) is 2.46. The molecule has 3 nitrogen and oxygen atoms in total. The van der Waals surface area contributed by atoms with Gasteiger partial charge in [-0.25, -0.2) is 4.79 Å². The third-order valence-corrected chi connectivity index (χ3v) is 3.39. The van der Waals surface area contributed by atoms with Gasteiger partial charge in [0, 0.05) is 24.5 Å². The number of fused-ring (bicyclic) bond motifs is 1. The van der Waals surface area contributed by atoms with Crippen molar-refractivity contribution in [3.05, 3.63) is 71.6 Å². The molecule has 0 unspecified atom stereocenters. The highest BCUT2D eigenvalue weighted by Gasteiger charge is 2.12. The number of rotatable bonds is 2. The molecule has 0 radical (unpaired) electrons. The normalized spacial score (nSPS) is 13.7. The summed E-state index contributed by atoms with van der Waals surface area (Å²) in [6, 6.07) is 11.2. The Bertz CT molecular complexity index is 796. The fourth-order valence-corrected chi connectivity index (χ4v) is 2.38. The summed E-state index contributed by atoms with van der Waals surface area (Å²) in [5.41, 5.74) is 5.36. The molecule has 0 aromatic heterocycles. The maximum Gasteiger partial charge on any atom is 0.335 e. The van der Waals surface area contributed by atoms with Crippen molar-refractivity contribution < 1.29 is 9.90 Å². The minimum absolute atomic E-state index is 0.301. The lowest BCUT2D eigenvalue weighted by atomic mass is 9.99. The fourth-order valence-electron chi connectivity index (χ4n) is 2.38. The van der Waals surface area contributed by atoms with Gasteiger partial charge < -0.3 is 10.0 Å². The second-order valence-corrected chi connectivity index (χ2v) is 4.67. The molecule has 1 heterocycles. The molecule has 20 heavy (non-hydrogen) atoms. The molecular weight excluding hydrogens is 250 g/mol. The highest BCUT2D eigenvalue weighted by atomic mass is 16.4. The first-order chi connectivity index (χ1) is 9.66. The van der Waals surface area contributed by atoms with E-state index in [1.165, 1.54) is 0 Å². The van der Waals surface area contributed by atoms with Gasteiger partial charge in [-0.1, -0.05) is 24.3 Å². The van der Waals surface area contributed by atoms with E-state index in [1.54, 1.807) is 12.1 Å². The van der Waals surface area contributed by atoms with E-state index in [-0.39, 0.29) is 0 Å². The van der Waals surface area contributed by atoms with E-state index in [9.17, 15) is 4.79 Å². The lowest BCUT2D eigenvalue weighted by molar-refractivity contribution is 0.0697. The van der Waals surface area contributed by atoms with Crippen molar-refractivity contribution in [2.75, 3.05) is 7.05 Å². The molecule has 0 saturated heterocycles. The number of aromatic carboxylic acids is 1. The Morgan fingerprint density at radius 2 is 2.10 bits per heavy atom. The van der Waals surface area contributed by atoms with Crippen LogP contribution in [0.1, 0.15) is 15.9 Å². The maximum atomic E-state index is 11.1. The number of hydrogen-bond donors (Lipinski definition) is 1. The summed E-state index contributed by atoms with van der Waals surface area (Å²) >= 11 is 0. The van der Waals surface area contributed by atoms with E-state index >= 15 is 0 Å². The van der Waals surface area contributed by atoms with Gasteiger partial charge in [-0.15, -0.1) is 5.73 Å². The fraction of sp³-hybridized carbons (Fsp3) is 0.0588. The highest BCUT2D eigenvalue weighted by Crippen LogP contribution is 2.29. The number of allylic oxidation sites excluding steroid dienone is 2. The molecule has 1 aliphatic rings. The second-order valence-electron chi connectivity index (χ2n) is 4.67. The quantitative estimate of drug-likeness (QED) is 0.843. The third kappa shape index (κ3) is 2.00. The summed E-state index contributed by atoms with van der Waals surface area (Å²) in [5, 5.41) is 11.1. The van der Waals surface area contributed by atoms with Crippen LogP contribution in [0.2, 0.25) is 0 Å². The van der Waals surface area contributed by atoms with Crippen molar-refractivity contribution in [1.82, 2.24) is 4.90 Å². The van der Waals surface area contributed by atoms with Gasteiger partial charge in [0.2, 0.25) is 0 Å². The molecule has 0 atom stereocenters. The Kier molecular flexibility index (Phi) is 2.90. The van der Waals surface area contributed by atoms with Crippen LogP contribution in [-0.4, -0.2) is 23.0 Å². The van der Waals surface area contributed by atoms with Crippen molar-refractivity contribution in [2.45, 2.75) is 0 Å². The van der Waals surface area contributed by atoms with E-state index in [4.69, 9.17) is 5.11 Å². The molecule has 2 aromatic carbocycles. The molecule has 98 valence electrons. The van der Waals surface area contributed by atoms with E-state index in [2.05, 4.69) is 5.73 Å². The van der Waals surface area contributed by atoms with Crippen LogP contribution in [0.3, 0.4) is 0 Å². The number of benzene rings is 2. The van der Waals surface area contributed by atoms with Crippen molar-refractivity contribution in [3.8, 4) is 0 Å². The SMILES string of the molecule is CN1C=C=CC=C1c1cccc2ccc(C(=O)O)cc12. The molecule has 1 N–H and O–H groups in total. The largest absolute Gasteiger partial charge is 0.478 e. The van der Waals surface area contributed by atoms with Crippen molar-refractivity contribution in [2.24, 2.45) is 0 Å². The van der Waals surface area contributed by atoms with Gasteiger partial charge in [0.15, 0.2) is 0 Å². The number of carboxylic acid groups (broad SMARTS) is 1. The lowest BCUT2D eigenvalue weighted by Crippen LogP contribution is -2.10. The number of carbonyl (C=O) groups is 1. The van der Waals surface area contributed by atoms with Crippen LogP contribution in [-0.2, 0) is 0 Å². The zero-order valence-corrected chi connectivity index (χ0v) is 11.0. The zero-order valence-electron chi connectivity index (χ0n) is 11.0. The highest BCUT2D eigenvalue weighted by molar-refractivity contribution is 5.99. The smallest absolute Gasteiger partial charge is 0.335 e. The molecule has 0 fully saturated rings. The Hall–Kier alpha value is -2.77. The minimum atomic E-state index is -0.910. The minimum Gasteiger partial charge on any atom is -0.478 e. The van der Waals surface area contributed by atoms with E-state index in [0.717, 1.165) is 22.0 Å². The Labute approximate surface area is 116 Å². The molecule has 3 rings (SSSR count). The monoisotopic (exact) mass is 263 g/mol. The predicted molar refractivity (Wildman–Crippen MR) is 79.3 cm³/mol. The van der Waals surface area contributed by atoms with Crippen LogP contribution in [0.15, 0.2) is 60.5 Å². The van der Waals surface area contributed by atoms with E-state index in [0.29, 0.717) is 5.56 Å². The molecule has 0 spiro atoms. The first kappa shape index (κ1) is 12.3. The summed E-state index contributed by atoms with van der Waals surface area (Å²) < 4.78 is 0. The maximum absolute atomic E-state index is 11.1. The van der Waals surface area contributed by atoms with Gasteiger partial charge in [0.25, 0.3) is 0 Å². The van der Waals surface area contributed by atoms with Gasteiger partial charge in [-0.05, 0) is 35.1 Å². The second kappa shape index (κ2) is 4.72. The topological polar surface area (TPSA) is 40.5 Å². The van der Waals surface area contributed by atoms with E-state index < -0.39 is 5.97 Å². The molecular formula is C17H13NO2. The van der Waals surface area contributed by atoms with Gasteiger partial charge in [0.05, 0.1) is 5.56 Å². The van der Waals surface area contributed by atoms with Gasteiger partial charge >= 0.3 is 5.97 Å². The summed E-state index contributed by atoms with van der Waals surface area (Å²) in [7, 11) is 1.95. The lowest BCUT2D eigenvalue weighted by Gasteiger charge is -2.20. The Morgan fingerprint density at radius 1 is 1.25 bits per heavy atom. The van der Waals surface area contributed by atoms with Gasteiger partial charge in [0.1, 0.15) is 0 Å². The van der Waals surface area contributed by atoms with Crippen molar-refractivity contribution in [1.29, 1.82) is 0 Å². The van der Waals surface area contributed by atoms with Crippen LogP contribution in [0.5, 0.6) is 0 Å². The molecule has 2 aromatic rings. The Balaban J connectivity index is 2.25. The van der Waals surface area contributed by atoms with Crippen LogP contribution in [0.25, 0.3) is 16.5 Å². The van der Waals surface area contributed by atoms with Crippen LogP contribution < -0.4 is 0 Å². The molecule has 0 amide bonds. The molecule has 0 saturated carbocycles. The first-order valence-electron chi connectivity index (χ1n) is 6.29. The summed E-state index contributed by atoms with van der Waals surface area (Å²) in [6.45, 7) is 0. The van der Waals surface area contributed by atoms with Crippen LogP contribution >= 0.6 is 0 Å². The zero-order chi connectivity index (χ0) is 14.1. The molecule has 0 bridgehead atoms. The summed E-state index contributed by atoms with van der Waals surface area (Å²) in [5.74, 6) is -0.910. The number of hydrogen-bond acceptors (Lipinski definition) is 2. The molecule has 1 aliphatic heterocycles. The Morgan fingerprint density at radius 3 is 2.85 bits per heavy atom. The van der Waals surface area contributed by atoms with Crippen LogP contribution in [0, 0.1) is 0 Å². The van der Waals surface area contributed by atoms with Gasteiger partial charge in [-0.3, -0.25) is 0 Å². The number of carboxylic acids is 1. The van der Waals surface area contributed by atoms with Crippen LogP contribution in [0.4, 0.5) is 0 Å². The summed E-state index contributed by atoms with van der Waals surface area (Å²) in [6.07, 6.45) is 5.69. The number of nitrogens with zero attached hydrogens (tertiary/aromatic N) is 1. The standard InChI is InChI=1S/C17H13NO2/c1-18-10-3-2-7-16(18)14-6-4-5-12-8-9-13(17(19)20)11-15(12)14/h2,4-11H,1H3,(H,19,20). The predicted octanol–water partition coefficient (Wildman–Crippen LogP) is 3.49. The van der Waals surface area contributed by atoms with Crippen molar-refractivity contribution >= 4 is 22.4 Å². The van der Waals surface area contributed by atoms with E-state index in [1.807, 2.05) is 54.6 Å². The molecule has 0 aliphatic carbocycles. The van der Waals surface area contributed by atoms with Crippen molar-refractivity contribution in [3.63, 3.8) is 0 Å². The average molecular weight is 263 g/mol. The molecule has 3 heteroatoms. The van der Waals surface area contributed by atoms with Gasteiger partial charge in [-0.2, -0.15) is 0 Å².